The van der Waals surface area contributed by atoms with Crippen molar-refractivity contribution in [1.82, 2.24) is 0 Å². The van der Waals surface area contributed by atoms with Crippen LogP contribution in [0.25, 0.3) is 0 Å². The molecule has 1 aliphatic carbocycles. The number of aliphatic imine (C=N–C) groups is 1. The third-order valence-corrected chi connectivity index (χ3v) is 2.95. The Morgan fingerprint density at radius 2 is 2.27 bits per heavy atom. The summed E-state index contributed by atoms with van der Waals surface area (Å²) >= 11 is 2.06. The third-order valence-electron chi connectivity index (χ3n) is 2.06. The SMILES string of the molecule is NC(=NC1CC1)Nc1ccc(F)cc1I. The molecule has 0 spiro atoms. The molecule has 1 aromatic carbocycles. The van der Waals surface area contributed by atoms with Crippen LogP contribution in [0.2, 0.25) is 0 Å². The molecular formula is C10H11FIN3. The molecule has 0 aliphatic heterocycles. The molecule has 0 saturated heterocycles. The van der Waals surface area contributed by atoms with E-state index >= 15 is 0 Å². The summed E-state index contributed by atoms with van der Waals surface area (Å²) in [7, 11) is 0. The van der Waals surface area contributed by atoms with Gasteiger partial charge in [0, 0.05) is 3.57 Å². The van der Waals surface area contributed by atoms with E-state index in [0.717, 1.165) is 22.1 Å². The van der Waals surface area contributed by atoms with Crippen LogP contribution in [0.3, 0.4) is 0 Å². The van der Waals surface area contributed by atoms with Crippen LogP contribution in [0.15, 0.2) is 23.2 Å². The highest BCUT2D eigenvalue weighted by atomic mass is 127. The van der Waals surface area contributed by atoms with Crippen molar-refractivity contribution in [2.45, 2.75) is 18.9 Å². The highest BCUT2D eigenvalue weighted by Gasteiger charge is 2.20. The maximum Gasteiger partial charge on any atom is 0.193 e. The number of benzene rings is 1. The summed E-state index contributed by atoms with van der Waals surface area (Å²) in [6.45, 7) is 0. The molecule has 0 unspecified atom stereocenters. The average Bonchev–Trinajstić information content (AvgIpc) is 2.94. The van der Waals surface area contributed by atoms with E-state index in [1.54, 1.807) is 6.07 Å². The molecule has 15 heavy (non-hydrogen) atoms. The molecule has 3 N–H and O–H groups in total. The summed E-state index contributed by atoms with van der Waals surface area (Å²) in [4.78, 5) is 4.23. The number of rotatable bonds is 2. The Morgan fingerprint density at radius 1 is 1.53 bits per heavy atom. The van der Waals surface area contributed by atoms with Crippen LogP contribution in [-0.4, -0.2) is 12.0 Å². The van der Waals surface area contributed by atoms with Crippen LogP contribution in [-0.2, 0) is 0 Å². The summed E-state index contributed by atoms with van der Waals surface area (Å²) < 4.78 is 13.6. The second-order valence-electron chi connectivity index (χ2n) is 3.49. The molecule has 2 rings (SSSR count). The van der Waals surface area contributed by atoms with Crippen molar-refractivity contribution in [1.29, 1.82) is 0 Å². The first-order valence-electron chi connectivity index (χ1n) is 4.70. The van der Waals surface area contributed by atoms with E-state index in [0.29, 0.717) is 12.0 Å². The number of nitrogens with one attached hydrogen (secondary N) is 1. The van der Waals surface area contributed by atoms with Gasteiger partial charge in [-0.05, 0) is 53.6 Å². The van der Waals surface area contributed by atoms with Crippen molar-refractivity contribution < 1.29 is 4.39 Å². The number of guanidine groups is 1. The highest BCUT2D eigenvalue weighted by molar-refractivity contribution is 14.1. The molecular weight excluding hydrogens is 308 g/mol. The number of halogens is 2. The number of nitrogens with two attached hydrogens (primary N) is 1. The van der Waals surface area contributed by atoms with Crippen LogP contribution >= 0.6 is 22.6 Å². The van der Waals surface area contributed by atoms with Crippen molar-refractivity contribution in [3.63, 3.8) is 0 Å². The predicted octanol–water partition coefficient (Wildman–Crippen LogP) is 2.32. The highest BCUT2D eigenvalue weighted by Crippen LogP contribution is 2.24. The maximum atomic E-state index is 12.8. The third kappa shape index (κ3) is 3.05. The van der Waals surface area contributed by atoms with Gasteiger partial charge in [0.2, 0.25) is 0 Å². The number of nitrogens with zero attached hydrogens (tertiary/aromatic N) is 1. The van der Waals surface area contributed by atoms with Gasteiger partial charge < -0.3 is 11.1 Å². The van der Waals surface area contributed by atoms with Gasteiger partial charge in [0.25, 0.3) is 0 Å². The first-order chi connectivity index (χ1) is 7.15. The molecule has 1 fully saturated rings. The molecule has 1 aromatic rings. The lowest BCUT2D eigenvalue weighted by molar-refractivity contribution is 0.627. The molecule has 0 radical (unpaired) electrons. The molecule has 0 atom stereocenters. The molecule has 80 valence electrons. The van der Waals surface area contributed by atoms with E-state index in [1.165, 1.54) is 12.1 Å². The normalized spacial score (nSPS) is 16.5. The van der Waals surface area contributed by atoms with E-state index in [-0.39, 0.29) is 5.82 Å². The van der Waals surface area contributed by atoms with Gasteiger partial charge in [-0.1, -0.05) is 0 Å². The minimum atomic E-state index is -0.248. The Hall–Kier alpha value is -0.850. The number of hydrogen-bond acceptors (Lipinski definition) is 1. The topological polar surface area (TPSA) is 50.4 Å². The smallest absolute Gasteiger partial charge is 0.193 e. The zero-order valence-corrected chi connectivity index (χ0v) is 10.2. The second kappa shape index (κ2) is 4.34. The largest absolute Gasteiger partial charge is 0.370 e. The molecule has 0 bridgehead atoms. The summed E-state index contributed by atoms with van der Waals surface area (Å²) in [5.74, 6) is 0.157. The quantitative estimate of drug-likeness (QED) is 0.499. The lowest BCUT2D eigenvalue weighted by atomic mass is 10.3. The fourth-order valence-electron chi connectivity index (χ4n) is 1.16. The van der Waals surface area contributed by atoms with Crippen molar-refractivity contribution >= 4 is 34.2 Å². The molecule has 0 heterocycles. The second-order valence-corrected chi connectivity index (χ2v) is 4.66. The number of hydrogen-bond donors (Lipinski definition) is 2. The zero-order valence-electron chi connectivity index (χ0n) is 8.00. The molecule has 0 aromatic heterocycles. The lowest BCUT2D eigenvalue weighted by Gasteiger charge is -2.07. The molecule has 5 heteroatoms. The van der Waals surface area contributed by atoms with Crippen molar-refractivity contribution in [2.24, 2.45) is 10.7 Å². The van der Waals surface area contributed by atoms with E-state index < -0.39 is 0 Å². The fourth-order valence-corrected chi connectivity index (χ4v) is 1.77. The van der Waals surface area contributed by atoms with E-state index in [4.69, 9.17) is 5.73 Å². The Morgan fingerprint density at radius 3 is 2.87 bits per heavy atom. The van der Waals surface area contributed by atoms with Crippen LogP contribution in [0, 0.1) is 9.39 Å². The van der Waals surface area contributed by atoms with Gasteiger partial charge in [-0.15, -0.1) is 0 Å². The van der Waals surface area contributed by atoms with E-state index in [9.17, 15) is 4.39 Å². The Labute approximate surface area is 101 Å². The monoisotopic (exact) mass is 319 g/mol. The fraction of sp³-hybridized carbons (Fsp3) is 0.300. The van der Waals surface area contributed by atoms with Gasteiger partial charge in [-0.25, -0.2) is 9.38 Å². The Kier molecular flexibility index (Phi) is 3.08. The molecule has 0 amide bonds. The zero-order chi connectivity index (χ0) is 10.8. The van der Waals surface area contributed by atoms with Crippen molar-refractivity contribution in [2.75, 3.05) is 5.32 Å². The van der Waals surface area contributed by atoms with Gasteiger partial charge in [0.1, 0.15) is 5.82 Å². The summed E-state index contributed by atoms with van der Waals surface area (Å²) in [5.41, 5.74) is 6.49. The van der Waals surface area contributed by atoms with Gasteiger partial charge >= 0.3 is 0 Å². The first-order valence-corrected chi connectivity index (χ1v) is 5.78. The minimum Gasteiger partial charge on any atom is -0.370 e. The molecule has 1 saturated carbocycles. The van der Waals surface area contributed by atoms with Crippen molar-refractivity contribution in [3.05, 3.63) is 27.6 Å². The van der Waals surface area contributed by atoms with Crippen LogP contribution in [0.1, 0.15) is 12.8 Å². The van der Waals surface area contributed by atoms with Crippen LogP contribution < -0.4 is 11.1 Å². The van der Waals surface area contributed by atoms with Gasteiger partial charge in [0.15, 0.2) is 5.96 Å². The Balaban J connectivity index is 2.09. The molecule has 1 aliphatic rings. The van der Waals surface area contributed by atoms with Gasteiger partial charge in [0.05, 0.1) is 11.7 Å². The van der Waals surface area contributed by atoms with Gasteiger partial charge in [-0.2, -0.15) is 0 Å². The standard InChI is InChI=1S/C10H11FIN3/c11-6-1-4-9(8(12)5-6)15-10(13)14-7-2-3-7/h1,4-5,7H,2-3H2,(H3,13,14,15). The number of anilines is 1. The Bertz CT molecular complexity index is 402. The van der Waals surface area contributed by atoms with E-state index in [2.05, 4.69) is 32.9 Å². The maximum absolute atomic E-state index is 12.8. The van der Waals surface area contributed by atoms with E-state index in [1.807, 2.05) is 0 Å². The lowest BCUT2D eigenvalue weighted by Crippen LogP contribution is -2.23. The van der Waals surface area contributed by atoms with Crippen molar-refractivity contribution in [3.8, 4) is 0 Å². The summed E-state index contributed by atoms with van der Waals surface area (Å²) in [6, 6.07) is 4.89. The minimum absolute atomic E-state index is 0.248. The van der Waals surface area contributed by atoms with Crippen LogP contribution in [0.5, 0.6) is 0 Å². The average molecular weight is 319 g/mol. The summed E-state index contributed by atoms with van der Waals surface area (Å²) in [6.07, 6.45) is 2.23. The molecule has 3 nitrogen and oxygen atoms in total. The first kappa shape index (κ1) is 10.7. The predicted molar refractivity (Wildman–Crippen MR) is 67.4 cm³/mol. The summed E-state index contributed by atoms with van der Waals surface area (Å²) in [5, 5.41) is 2.96. The van der Waals surface area contributed by atoms with Gasteiger partial charge in [-0.3, -0.25) is 0 Å². The van der Waals surface area contributed by atoms with Crippen LogP contribution in [0.4, 0.5) is 10.1 Å².